The molecule has 45 heavy (non-hydrogen) atoms. The number of aliphatic carboxylic acids is 1. The number of benzene rings is 2. The van der Waals surface area contributed by atoms with Gasteiger partial charge in [0.1, 0.15) is 24.6 Å². The van der Waals surface area contributed by atoms with E-state index in [1.807, 2.05) is 43.1 Å². The fourth-order valence-corrected chi connectivity index (χ4v) is 6.31. The van der Waals surface area contributed by atoms with E-state index in [1.54, 1.807) is 6.07 Å². The first-order valence-corrected chi connectivity index (χ1v) is 16.8. The summed E-state index contributed by atoms with van der Waals surface area (Å²) < 4.78 is 42.1. The summed E-state index contributed by atoms with van der Waals surface area (Å²) in [4.78, 5) is 13.1. The number of hydrogen-bond donors (Lipinski definition) is 2. The Morgan fingerprint density at radius 1 is 1.02 bits per heavy atom. The molecule has 1 aromatic carbocycles. The van der Waals surface area contributed by atoms with E-state index < -0.39 is 21.5 Å². The monoisotopic (exact) mass is 633 g/mol. The highest BCUT2D eigenvalue weighted by molar-refractivity contribution is 7.85. The maximum Gasteiger partial charge on any atom is 0.303 e. The van der Waals surface area contributed by atoms with Crippen molar-refractivity contribution in [1.82, 2.24) is 4.58 Å². The van der Waals surface area contributed by atoms with E-state index in [9.17, 15) is 22.9 Å². The average molecular weight is 634 g/mol. The number of carboxylic acids is 1. The summed E-state index contributed by atoms with van der Waals surface area (Å²) in [5, 5.41) is 10.3. The van der Waals surface area contributed by atoms with E-state index >= 15 is 0 Å². The largest absolute Gasteiger partial charge is 0.481 e. The first kappa shape index (κ1) is 33.9. The molecule has 0 saturated heterocycles. The molecule has 0 aromatic heterocycles. The lowest BCUT2D eigenvalue weighted by atomic mass is 9.83. The van der Waals surface area contributed by atoms with Gasteiger partial charge in [0.05, 0.1) is 11.0 Å². The Labute approximate surface area is 266 Å². The van der Waals surface area contributed by atoms with Crippen LogP contribution >= 0.6 is 0 Å². The molecule has 0 bridgehead atoms. The third-order valence-electron chi connectivity index (χ3n) is 8.34. The van der Waals surface area contributed by atoms with Crippen molar-refractivity contribution >= 4 is 27.9 Å². The second kappa shape index (κ2) is 13.2. The van der Waals surface area contributed by atoms with Crippen LogP contribution in [0.4, 0.5) is 5.69 Å². The maximum absolute atomic E-state index is 11.9. The lowest BCUT2D eigenvalue weighted by Crippen LogP contribution is -2.29. The lowest BCUT2D eigenvalue weighted by molar-refractivity contribution is -0.137. The van der Waals surface area contributed by atoms with Gasteiger partial charge in [-0.15, -0.1) is 0 Å². The summed E-state index contributed by atoms with van der Waals surface area (Å²) in [5.74, 6) is 0.861. The summed E-state index contributed by atoms with van der Waals surface area (Å²) in [6.07, 6.45) is 10.4. The van der Waals surface area contributed by atoms with Gasteiger partial charge in [0, 0.05) is 46.8 Å². The predicted octanol–water partition coefficient (Wildman–Crippen LogP) is 6.86. The third-order valence-corrected chi connectivity index (χ3v) is 9.19. The van der Waals surface area contributed by atoms with Crippen LogP contribution in [0.5, 0.6) is 0 Å². The SMILES string of the molecule is CC[N+](CC)=c1ccc2c(/C=C/C=C/C=C3/N(CCCC(=O)O)c4ccc(S(=O)(=O)O)cc4C3(C)C)cc(C(C)(C)C)oc-2c1. The van der Waals surface area contributed by atoms with Gasteiger partial charge in [-0.1, -0.05) is 58.9 Å². The molecule has 2 aliphatic heterocycles. The van der Waals surface area contributed by atoms with Crippen molar-refractivity contribution in [3.8, 4) is 11.3 Å². The van der Waals surface area contributed by atoms with Gasteiger partial charge in [0.25, 0.3) is 10.1 Å². The van der Waals surface area contributed by atoms with E-state index in [2.05, 4.69) is 69.5 Å². The van der Waals surface area contributed by atoms with E-state index in [1.165, 1.54) is 12.1 Å². The maximum atomic E-state index is 11.9. The van der Waals surface area contributed by atoms with Crippen molar-refractivity contribution in [3.05, 3.63) is 94.7 Å². The number of anilines is 1. The second-order valence-electron chi connectivity index (χ2n) is 12.9. The van der Waals surface area contributed by atoms with Crippen LogP contribution < -0.4 is 14.8 Å². The highest BCUT2D eigenvalue weighted by Crippen LogP contribution is 2.48. The first-order valence-electron chi connectivity index (χ1n) is 15.4. The zero-order chi connectivity index (χ0) is 33.2. The minimum absolute atomic E-state index is 0.0194. The van der Waals surface area contributed by atoms with Gasteiger partial charge < -0.3 is 14.4 Å². The standard InChI is InChI=1S/C36H44N2O6S/c1-8-37(9-2)26-17-19-28-25(22-33(35(3,4)5)44-31(28)23-26)14-11-10-12-15-32-36(6,7)29-24-27(45(41,42)43)18-20-30(29)38(32)21-13-16-34(39)40/h10-12,14-15,17-20,22-24H,8-9,13,16,21H2,1-7H3,(H-,39,40,41,42,43)/p+1. The van der Waals surface area contributed by atoms with E-state index in [0.717, 1.165) is 58.0 Å². The van der Waals surface area contributed by atoms with Crippen LogP contribution in [-0.4, -0.2) is 43.7 Å². The minimum atomic E-state index is -4.37. The van der Waals surface area contributed by atoms with Crippen molar-refractivity contribution in [2.75, 3.05) is 24.5 Å². The molecule has 0 radical (unpaired) electrons. The number of rotatable bonds is 10. The van der Waals surface area contributed by atoms with Crippen LogP contribution in [0.25, 0.3) is 17.4 Å². The molecule has 0 unspecified atom stereocenters. The zero-order valence-corrected chi connectivity index (χ0v) is 28.1. The van der Waals surface area contributed by atoms with Gasteiger partial charge >= 0.3 is 5.97 Å². The first-order chi connectivity index (χ1) is 21.1. The molecule has 3 aliphatic rings. The van der Waals surface area contributed by atoms with Crippen LogP contribution in [0.2, 0.25) is 0 Å². The normalized spacial score (nSPS) is 15.9. The molecule has 240 valence electrons. The van der Waals surface area contributed by atoms with Crippen molar-refractivity contribution in [3.63, 3.8) is 0 Å². The number of carboxylic acid groups (broad SMARTS) is 1. The molecule has 1 aromatic rings. The Hall–Kier alpha value is -3.95. The molecule has 0 spiro atoms. The lowest BCUT2D eigenvalue weighted by Gasteiger charge is -2.26. The topological polar surface area (TPSA) is 111 Å². The van der Waals surface area contributed by atoms with Crippen molar-refractivity contribution in [2.45, 2.75) is 77.0 Å². The van der Waals surface area contributed by atoms with E-state index in [0.29, 0.717) is 13.0 Å². The molecular formula is C36H45N2O6S+. The molecule has 0 saturated carbocycles. The summed E-state index contributed by atoms with van der Waals surface area (Å²) in [5.41, 5.74) is 3.76. The minimum Gasteiger partial charge on any atom is -0.481 e. The van der Waals surface area contributed by atoms with Gasteiger partial charge in [-0.25, -0.2) is 4.58 Å². The highest BCUT2D eigenvalue weighted by Gasteiger charge is 2.40. The summed E-state index contributed by atoms with van der Waals surface area (Å²) in [6.45, 7) is 16.9. The molecule has 9 heteroatoms. The Balaban J connectivity index is 1.71. The molecule has 4 rings (SSSR count). The number of carbonyl (C=O) groups is 1. The number of allylic oxidation sites excluding steroid dienone is 5. The van der Waals surface area contributed by atoms with Crippen molar-refractivity contribution in [1.29, 1.82) is 0 Å². The quantitative estimate of drug-likeness (QED) is 0.143. The number of hydrogen-bond acceptors (Lipinski definition) is 5. The van der Waals surface area contributed by atoms with Crippen LogP contribution in [0.1, 0.15) is 78.2 Å². The third kappa shape index (κ3) is 7.48. The van der Waals surface area contributed by atoms with Gasteiger partial charge in [0.15, 0.2) is 0 Å². The highest BCUT2D eigenvalue weighted by atomic mass is 32.2. The van der Waals surface area contributed by atoms with Crippen LogP contribution in [0.3, 0.4) is 0 Å². The Morgan fingerprint density at radius 2 is 1.73 bits per heavy atom. The van der Waals surface area contributed by atoms with Crippen molar-refractivity contribution in [2.24, 2.45) is 0 Å². The Kier molecular flexibility index (Phi) is 9.94. The van der Waals surface area contributed by atoms with Gasteiger partial charge in [-0.3, -0.25) is 9.35 Å². The molecule has 0 fully saturated rings. The zero-order valence-electron chi connectivity index (χ0n) is 27.3. The van der Waals surface area contributed by atoms with Gasteiger partial charge in [-0.05, 0) is 67.8 Å². The fourth-order valence-electron chi connectivity index (χ4n) is 5.81. The molecule has 0 amide bonds. The molecular weight excluding hydrogens is 588 g/mol. The Morgan fingerprint density at radius 3 is 2.36 bits per heavy atom. The molecule has 1 aliphatic carbocycles. The number of fused-ring (bicyclic) bond motifs is 2. The van der Waals surface area contributed by atoms with Gasteiger partial charge in [0.2, 0.25) is 5.36 Å². The molecule has 0 atom stereocenters. The summed E-state index contributed by atoms with van der Waals surface area (Å²) in [6, 6.07) is 13.0. The second-order valence-corrected chi connectivity index (χ2v) is 14.3. The number of nitrogens with zero attached hydrogens (tertiary/aromatic N) is 2. The van der Waals surface area contributed by atoms with E-state index in [4.69, 9.17) is 4.42 Å². The summed E-state index contributed by atoms with van der Waals surface area (Å²) in [7, 11) is -4.37. The van der Waals surface area contributed by atoms with Crippen molar-refractivity contribution < 1.29 is 27.3 Å². The average Bonchev–Trinajstić information content (AvgIpc) is 3.17. The molecule has 2 N–H and O–H groups in total. The predicted molar refractivity (Wildman–Crippen MR) is 180 cm³/mol. The fraction of sp³-hybridized carbons (Fsp3) is 0.389. The Bertz CT molecular complexity index is 1810. The summed E-state index contributed by atoms with van der Waals surface area (Å²) >= 11 is 0. The van der Waals surface area contributed by atoms with Crippen LogP contribution in [0, 0.1) is 0 Å². The van der Waals surface area contributed by atoms with Crippen LogP contribution in [-0.2, 0) is 25.7 Å². The smallest absolute Gasteiger partial charge is 0.303 e. The van der Waals surface area contributed by atoms with E-state index in [-0.39, 0.29) is 16.7 Å². The molecule has 2 heterocycles. The van der Waals surface area contributed by atoms with Crippen LogP contribution in [0.15, 0.2) is 81.8 Å². The molecule has 8 nitrogen and oxygen atoms in total. The van der Waals surface area contributed by atoms with Gasteiger partial charge in [-0.2, -0.15) is 8.42 Å².